The summed E-state index contributed by atoms with van der Waals surface area (Å²) in [5.41, 5.74) is -0.577. The van der Waals surface area contributed by atoms with Crippen LogP contribution in [-0.2, 0) is 6.18 Å². The molecule has 13 heavy (non-hydrogen) atoms. The summed E-state index contributed by atoms with van der Waals surface area (Å²) in [4.78, 5) is 13.0. The number of thiazole rings is 1. The molecule has 1 aromatic heterocycles. The van der Waals surface area contributed by atoms with Gasteiger partial charge in [-0.2, -0.15) is 13.2 Å². The van der Waals surface area contributed by atoms with Crippen LogP contribution in [0, 0.1) is 0 Å². The van der Waals surface area contributed by atoms with Crippen molar-refractivity contribution in [1.29, 1.82) is 0 Å². The molecule has 0 bridgehead atoms. The Hall–Kier alpha value is -0.513. The van der Waals surface area contributed by atoms with Crippen LogP contribution in [0.3, 0.4) is 0 Å². The molecule has 0 aromatic carbocycles. The van der Waals surface area contributed by atoms with Gasteiger partial charge in [-0.1, -0.05) is 0 Å². The molecule has 0 unspecified atom stereocenters. The average Bonchev–Trinajstić information content (AvgIpc) is 2.30. The van der Waals surface area contributed by atoms with E-state index in [4.69, 9.17) is 5.11 Å². The molecule has 0 aliphatic carbocycles. The molecule has 1 aromatic rings. The van der Waals surface area contributed by atoms with Crippen molar-refractivity contribution in [2.24, 2.45) is 0 Å². The summed E-state index contributed by atoms with van der Waals surface area (Å²) in [5.74, 6) is -1.46. The summed E-state index contributed by atoms with van der Waals surface area (Å²) >= 11 is 0.268. The molecule has 0 amide bonds. The van der Waals surface area contributed by atoms with Gasteiger partial charge in [-0.15, -0.1) is 11.3 Å². The summed E-state index contributed by atoms with van der Waals surface area (Å²) in [5, 5.41) is 7.95. The van der Waals surface area contributed by atoms with Gasteiger partial charge in [0.25, 0.3) is 0 Å². The number of rotatable bonds is 1. The van der Waals surface area contributed by atoms with Crippen molar-refractivity contribution in [3.05, 3.63) is 16.1 Å². The van der Waals surface area contributed by atoms with Crippen LogP contribution in [0.25, 0.3) is 0 Å². The first-order chi connectivity index (χ1) is 5.41. The summed E-state index contributed by atoms with van der Waals surface area (Å²) < 4.78 is 35.5. The Labute approximate surface area is 86.8 Å². The molecule has 0 atom stereocenters. The second-order valence-corrected chi connectivity index (χ2v) is 2.70. The average molecular weight is 205 g/mol. The van der Waals surface area contributed by atoms with Gasteiger partial charge in [-0.3, -0.25) is 0 Å². The number of aromatic carboxylic acids is 1. The van der Waals surface area contributed by atoms with E-state index in [2.05, 4.69) is 4.98 Å². The molecule has 8 heteroatoms. The van der Waals surface area contributed by atoms with Crippen LogP contribution in [0.5, 0.6) is 0 Å². The fourth-order valence-corrected chi connectivity index (χ4v) is 1.16. The maximum absolute atomic E-state index is 11.8. The molecule has 0 saturated heterocycles. The van der Waals surface area contributed by atoms with E-state index < -0.39 is 22.8 Å². The van der Waals surface area contributed by atoms with Crippen molar-refractivity contribution in [2.75, 3.05) is 0 Å². The number of alkyl halides is 3. The molecule has 68 valence electrons. The number of hydrogen-bond acceptors (Lipinski definition) is 3. The Morgan fingerprint density at radius 2 is 2.08 bits per heavy atom. The van der Waals surface area contributed by atoms with Crippen molar-refractivity contribution in [3.8, 4) is 0 Å². The van der Waals surface area contributed by atoms with E-state index in [1.54, 1.807) is 0 Å². The van der Waals surface area contributed by atoms with Gasteiger partial charge in [0.05, 0.1) is 0 Å². The second kappa shape index (κ2) is 4.13. The standard InChI is InChI=1S/C5H2F3NO2S.Li.H/c6-5(7,8)4-9-2(1-12-4)3(10)11;;/h1H,(H,10,11);;. The van der Waals surface area contributed by atoms with Crippen LogP contribution < -0.4 is 0 Å². The minimum absolute atomic E-state index is 0. The summed E-state index contributed by atoms with van der Waals surface area (Å²) in [6.07, 6.45) is -4.56. The number of carboxylic acid groups (broad SMARTS) is 1. The molecule has 1 N–H and O–H groups in total. The molecule has 0 aliphatic heterocycles. The molecule has 0 aliphatic rings. The maximum atomic E-state index is 11.8. The monoisotopic (exact) mass is 205 g/mol. The first kappa shape index (κ1) is 12.5. The normalized spacial score (nSPS) is 10.7. The second-order valence-electron chi connectivity index (χ2n) is 1.84. The van der Waals surface area contributed by atoms with Crippen molar-refractivity contribution in [2.45, 2.75) is 6.18 Å². The molecule has 0 radical (unpaired) electrons. The van der Waals surface area contributed by atoms with E-state index in [9.17, 15) is 18.0 Å². The zero-order valence-corrected chi connectivity index (χ0v) is 6.24. The summed E-state index contributed by atoms with van der Waals surface area (Å²) in [6.45, 7) is 0. The molecule has 3 nitrogen and oxygen atoms in total. The Bertz CT molecular complexity index is 311. The number of hydrogen-bond donors (Lipinski definition) is 1. The third-order valence-corrected chi connectivity index (χ3v) is 1.85. The van der Waals surface area contributed by atoms with Crippen LogP contribution in [0.4, 0.5) is 13.2 Å². The molecule has 0 saturated carbocycles. The van der Waals surface area contributed by atoms with Crippen LogP contribution in [0.15, 0.2) is 5.38 Å². The molecule has 1 rings (SSSR count). The molecule has 1 heterocycles. The molecular formula is C5H3F3LiNO2S. The molecular weight excluding hydrogens is 202 g/mol. The van der Waals surface area contributed by atoms with Gasteiger partial charge in [0.15, 0.2) is 10.7 Å². The van der Waals surface area contributed by atoms with Gasteiger partial charge >= 0.3 is 31.0 Å². The van der Waals surface area contributed by atoms with Crippen molar-refractivity contribution in [3.63, 3.8) is 0 Å². The quantitative estimate of drug-likeness (QED) is 0.701. The molecule has 0 fully saturated rings. The van der Waals surface area contributed by atoms with Gasteiger partial charge < -0.3 is 5.11 Å². The van der Waals surface area contributed by atoms with E-state index in [1.807, 2.05) is 0 Å². The van der Waals surface area contributed by atoms with Gasteiger partial charge in [-0.25, -0.2) is 9.78 Å². The predicted octanol–water partition coefficient (Wildman–Crippen LogP) is 1.21. The Balaban J connectivity index is 0.00000144. The van der Waals surface area contributed by atoms with E-state index in [1.165, 1.54) is 0 Å². The zero-order chi connectivity index (χ0) is 9.35. The fraction of sp³-hybridized carbons (Fsp3) is 0.200. The Morgan fingerprint density at radius 3 is 2.31 bits per heavy atom. The SMILES string of the molecule is O=C(O)c1csc(C(F)(F)F)n1.[LiH]. The number of aromatic nitrogens is 1. The number of carboxylic acids is 1. The topological polar surface area (TPSA) is 50.2 Å². The first-order valence-corrected chi connectivity index (χ1v) is 3.55. The predicted molar refractivity (Wildman–Crippen MR) is 41.2 cm³/mol. The Kier molecular flexibility index (Phi) is 3.97. The van der Waals surface area contributed by atoms with E-state index in [-0.39, 0.29) is 30.2 Å². The van der Waals surface area contributed by atoms with Gasteiger partial charge in [-0.05, 0) is 0 Å². The van der Waals surface area contributed by atoms with E-state index in [0.717, 1.165) is 5.38 Å². The third kappa shape index (κ3) is 3.03. The van der Waals surface area contributed by atoms with Crippen LogP contribution in [0.1, 0.15) is 15.5 Å². The van der Waals surface area contributed by atoms with Gasteiger partial charge in [0, 0.05) is 5.38 Å². The van der Waals surface area contributed by atoms with Crippen molar-refractivity contribution in [1.82, 2.24) is 4.98 Å². The van der Waals surface area contributed by atoms with Crippen LogP contribution in [-0.4, -0.2) is 34.9 Å². The molecule has 0 spiro atoms. The summed E-state index contributed by atoms with van der Waals surface area (Å²) in [7, 11) is 0. The van der Waals surface area contributed by atoms with E-state index >= 15 is 0 Å². The number of carbonyl (C=O) groups is 1. The minimum atomic E-state index is -4.56. The summed E-state index contributed by atoms with van der Waals surface area (Å²) in [6, 6.07) is 0. The number of nitrogens with zero attached hydrogens (tertiary/aromatic N) is 1. The zero-order valence-electron chi connectivity index (χ0n) is 5.42. The number of halogens is 3. The first-order valence-electron chi connectivity index (χ1n) is 2.67. The Morgan fingerprint density at radius 1 is 1.54 bits per heavy atom. The van der Waals surface area contributed by atoms with Crippen molar-refractivity contribution >= 4 is 36.2 Å². The fourth-order valence-electron chi connectivity index (χ4n) is 0.502. The third-order valence-electron chi connectivity index (χ3n) is 0.966. The van der Waals surface area contributed by atoms with Crippen LogP contribution in [0.2, 0.25) is 0 Å². The van der Waals surface area contributed by atoms with Crippen molar-refractivity contribution < 1.29 is 23.1 Å². The van der Waals surface area contributed by atoms with E-state index in [0.29, 0.717) is 0 Å². The van der Waals surface area contributed by atoms with Crippen LogP contribution >= 0.6 is 11.3 Å². The van der Waals surface area contributed by atoms with Gasteiger partial charge in [0.1, 0.15) is 0 Å². The van der Waals surface area contributed by atoms with Gasteiger partial charge in [0.2, 0.25) is 0 Å².